The monoisotopic (exact) mass is 293 g/mol. The Balaban J connectivity index is 2.63. The Labute approximate surface area is 119 Å². The zero-order chi connectivity index (χ0) is 15.1. The summed E-state index contributed by atoms with van der Waals surface area (Å²) in [5.41, 5.74) is 10.3. The fraction of sp³-hybridized carbons (Fsp3) is 0.357. The number of rotatable bonds is 3. The second-order valence-electron chi connectivity index (χ2n) is 5.17. The second kappa shape index (κ2) is 4.94. The van der Waals surface area contributed by atoms with Gasteiger partial charge in [-0.25, -0.2) is 8.42 Å². The SMILES string of the molecule is Cc1ccc(-c2c(N)n[nH]c2C(C)S(C)(=O)=O)cc1C. The molecular formula is C14H19N3O2S. The van der Waals surface area contributed by atoms with Crippen LogP contribution in [0.3, 0.4) is 0 Å². The standard InChI is InChI=1S/C14H19N3O2S/c1-8-5-6-11(7-9(8)2)12-13(16-17-14(12)15)10(3)20(4,18)19/h5-7,10H,1-4H3,(H3,15,16,17). The summed E-state index contributed by atoms with van der Waals surface area (Å²) in [6, 6.07) is 5.92. The van der Waals surface area contributed by atoms with Crippen molar-refractivity contribution >= 4 is 15.7 Å². The Kier molecular flexibility index (Phi) is 3.60. The quantitative estimate of drug-likeness (QED) is 0.909. The highest BCUT2D eigenvalue weighted by Gasteiger charge is 2.25. The predicted molar refractivity (Wildman–Crippen MR) is 81.2 cm³/mol. The summed E-state index contributed by atoms with van der Waals surface area (Å²) in [6.07, 6.45) is 1.21. The number of nitrogens with two attached hydrogens (primary N) is 1. The van der Waals surface area contributed by atoms with Gasteiger partial charge in [0.2, 0.25) is 0 Å². The van der Waals surface area contributed by atoms with E-state index < -0.39 is 15.1 Å². The molecule has 0 fully saturated rings. The lowest BCUT2D eigenvalue weighted by Crippen LogP contribution is -2.09. The van der Waals surface area contributed by atoms with Crippen LogP contribution in [0.25, 0.3) is 11.1 Å². The first-order valence-electron chi connectivity index (χ1n) is 6.32. The van der Waals surface area contributed by atoms with Gasteiger partial charge in [0, 0.05) is 11.8 Å². The molecule has 1 heterocycles. The lowest BCUT2D eigenvalue weighted by atomic mass is 9.99. The van der Waals surface area contributed by atoms with Crippen LogP contribution in [0.4, 0.5) is 5.82 Å². The lowest BCUT2D eigenvalue weighted by molar-refractivity contribution is 0.591. The average Bonchev–Trinajstić information content (AvgIpc) is 2.72. The molecule has 0 spiro atoms. The van der Waals surface area contributed by atoms with Crippen LogP contribution >= 0.6 is 0 Å². The topological polar surface area (TPSA) is 88.8 Å². The number of aromatic amines is 1. The van der Waals surface area contributed by atoms with Crippen molar-refractivity contribution in [1.82, 2.24) is 10.2 Å². The van der Waals surface area contributed by atoms with Crippen molar-refractivity contribution in [3.05, 3.63) is 35.0 Å². The highest BCUT2D eigenvalue weighted by atomic mass is 32.2. The number of H-pyrrole nitrogens is 1. The van der Waals surface area contributed by atoms with Crippen LogP contribution in [0.2, 0.25) is 0 Å². The fourth-order valence-electron chi connectivity index (χ4n) is 2.08. The molecule has 2 rings (SSSR count). The van der Waals surface area contributed by atoms with E-state index in [1.807, 2.05) is 32.0 Å². The van der Waals surface area contributed by atoms with Crippen LogP contribution in [-0.4, -0.2) is 24.9 Å². The zero-order valence-electron chi connectivity index (χ0n) is 12.1. The lowest BCUT2D eigenvalue weighted by Gasteiger charge is -2.11. The van der Waals surface area contributed by atoms with Crippen molar-refractivity contribution in [1.29, 1.82) is 0 Å². The van der Waals surface area contributed by atoms with E-state index >= 15 is 0 Å². The number of anilines is 1. The third kappa shape index (κ3) is 2.56. The fourth-order valence-corrected chi connectivity index (χ4v) is 2.68. The first-order chi connectivity index (χ1) is 9.21. The molecule has 6 heteroatoms. The van der Waals surface area contributed by atoms with Gasteiger partial charge in [-0.05, 0) is 37.5 Å². The Morgan fingerprint density at radius 1 is 1.25 bits per heavy atom. The van der Waals surface area contributed by atoms with Crippen molar-refractivity contribution in [2.75, 3.05) is 12.0 Å². The molecule has 20 heavy (non-hydrogen) atoms. The van der Waals surface area contributed by atoms with Crippen molar-refractivity contribution in [3.8, 4) is 11.1 Å². The van der Waals surface area contributed by atoms with Crippen molar-refractivity contribution in [3.63, 3.8) is 0 Å². The van der Waals surface area contributed by atoms with E-state index in [2.05, 4.69) is 10.2 Å². The van der Waals surface area contributed by atoms with Gasteiger partial charge in [-0.1, -0.05) is 18.2 Å². The van der Waals surface area contributed by atoms with Gasteiger partial charge in [-0.15, -0.1) is 0 Å². The molecule has 0 saturated heterocycles. The van der Waals surface area contributed by atoms with E-state index in [4.69, 9.17) is 5.73 Å². The summed E-state index contributed by atoms with van der Waals surface area (Å²) >= 11 is 0. The van der Waals surface area contributed by atoms with E-state index in [9.17, 15) is 8.42 Å². The maximum atomic E-state index is 11.8. The van der Waals surface area contributed by atoms with Gasteiger partial charge >= 0.3 is 0 Å². The third-order valence-electron chi connectivity index (χ3n) is 3.67. The van der Waals surface area contributed by atoms with Gasteiger partial charge in [0.05, 0.1) is 5.69 Å². The number of hydrogen-bond acceptors (Lipinski definition) is 4. The number of benzene rings is 1. The number of sulfone groups is 1. The molecule has 0 radical (unpaired) electrons. The predicted octanol–water partition coefficient (Wildman–Crippen LogP) is 2.38. The summed E-state index contributed by atoms with van der Waals surface area (Å²) in [6.45, 7) is 5.67. The molecule has 0 aliphatic rings. The Morgan fingerprint density at radius 2 is 1.90 bits per heavy atom. The van der Waals surface area contributed by atoms with E-state index in [0.29, 0.717) is 17.1 Å². The van der Waals surface area contributed by atoms with Crippen LogP contribution in [0.15, 0.2) is 18.2 Å². The molecule has 1 unspecified atom stereocenters. The Bertz CT molecular complexity index is 748. The molecule has 0 amide bonds. The molecule has 108 valence electrons. The van der Waals surface area contributed by atoms with Crippen molar-refractivity contribution in [2.45, 2.75) is 26.0 Å². The Morgan fingerprint density at radius 3 is 2.45 bits per heavy atom. The molecule has 1 atom stereocenters. The highest BCUT2D eigenvalue weighted by molar-refractivity contribution is 7.90. The highest BCUT2D eigenvalue weighted by Crippen LogP contribution is 2.35. The molecule has 0 saturated carbocycles. The van der Waals surface area contributed by atoms with Crippen LogP contribution in [-0.2, 0) is 9.84 Å². The summed E-state index contributed by atoms with van der Waals surface area (Å²) in [7, 11) is -3.22. The van der Waals surface area contributed by atoms with Crippen LogP contribution in [0.1, 0.15) is 29.0 Å². The molecule has 3 N–H and O–H groups in total. The molecule has 0 bridgehead atoms. The zero-order valence-corrected chi connectivity index (χ0v) is 12.9. The number of aryl methyl sites for hydroxylation is 2. The number of nitrogen functional groups attached to an aromatic ring is 1. The minimum atomic E-state index is -3.22. The smallest absolute Gasteiger partial charge is 0.155 e. The molecule has 5 nitrogen and oxygen atoms in total. The van der Waals surface area contributed by atoms with Gasteiger partial charge < -0.3 is 5.73 Å². The average molecular weight is 293 g/mol. The first kappa shape index (κ1) is 14.6. The maximum Gasteiger partial charge on any atom is 0.155 e. The van der Waals surface area contributed by atoms with Crippen LogP contribution in [0, 0.1) is 13.8 Å². The molecular weight excluding hydrogens is 274 g/mol. The molecule has 0 aliphatic heterocycles. The minimum absolute atomic E-state index is 0.318. The Hall–Kier alpha value is -1.82. The maximum absolute atomic E-state index is 11.8. The van der Waals surface area contributed by atoms with Crippen LogP contribution in [0.5, 0.6) is 0 Å². The third-order valence-corrected chi connectivity index (χ3v) is 5.19. The number of nitrogens with zero attached hydrogens (tertiary/aromatic N) is 1. The van der Waals surface area contributed by atoms with E-state index in [1.54, 1.807) is 6.92 Å². The number of aromatic nitrogens is 2. The van der Waals surface area contributed by atoms with Gasteiger partial charge in [-0.3, -0.25) is 5.10 Å². The van der Waals surface area contributed by atoms with Gasteiger partial charge in [-0.2, -0.15) is 5.10 Å². The van der Waals surface area contributed by atoms with E-state index in [0.717, 1.165) is 11.1 Å². The van der Waals surface area contributed by atoms with Gasteiger partial charge in [0.15, 0.2) is 15.7 Å². The van der Waals surface area contributed by atoms with E-state index in [-0.39, 0.29) is 0 Å². The molecule has 1 aromatic heterocycles. The molecule has 2 aromatic rings. The summed E-state index contributed by atoms with van der Waals surface area (Å²) in [5, 5.41) is 6.05. The summed E-state index contributed by atoms with van der Waals surface area (Å²) in [5.74, 6) is 0.318. The number of nitrogens with one attached hydrogen (secondary N) is 1. The van der Waals surface area contributed by atoms with E-state index in [1.165, 1.54) is 11.8 Å². The second-order valence-corrected chi connectivity index (χ2v) is 7.53. The number of hydrogen-bond donors (Lipinski definition) is 2. The summed E-state index contributed by atoms with van der Waals surface area (Å²) < 4.78 is 23.5. The van der Waals surface area contributed by atoms with Gasteiger partial charge in [0.25, 0.3) is 0 Å². The van der Waals surface area contributed by atoms with Crippen molar-refractivity contribution < 1.29 is 8.42 Å². The largest absolute Gasteiger partial charge is 0.382 e. The molecule has 0 aliphatic carbocycles. The summed E-state index contributed by atoms with van der Waals surface area (Å²) in [4.78, 5) is 0. The van der Waals surface area contributed by atoms with Crippen molar-refractivity contribution in [2.24, 2.45) is 0 Å². The van der Waals surface area contributed by atoms with Crippen LogP contribution < -0.4 is 5.73 Å². The molecule has 1 aromatic carbocycles. The van der Waals surface area contributed by atoms with Gasteiger partial charge in [0.1, 0.15) is 5.25 Å². The first-order valence-corrected chi connectivity index (χ1v) is 8.27. The normalized spacial score (nSPS) is 13.4. The minimum Gasteiger partial charge on any atom is -0.382 e.